The highest BCUT2D eigenvalue weighted by atomic mass is 16.2. The van der Waals surface area contributed by atoms with Crippen LogP contribution in [0.1, 0.15) is 24.5 Å². The molecule has 26 heavy (non-hydrogen) atoms. The highest BCUT2D eigenvalue weighted by Crippen LogP contribution is 2.34. The van der Waals surface area contributed by atoms with E-state index in [1.165, 1.54) is 16.0 Å². The summed E-state index contributed by atoms with van der Waals surface area (Å²) in [5.41, 5.74) is 3.49. The molecule has 3 amide bonds. The van der Waals surface area contributed by atoms with Gasteiger partial charge in [-0.2, -0.15) is 0 Å². The van der Waals surface area contributed by atoms with Gasteiger partial charge < -0.3 is 14.7 Å². The smallest absolute Gasteiger partial charge is 0.325 e. The number of carbonyl (C=O) groups is 2. The number of likely N-dealkylation sites (N-methyl/N-ethyl adjacent to an activating group) is 1. The van der Waals surface area contributed by atoms with Gasteiger partial charge in [0, 0.05) is 32.4 Å². The van der Waals surface area contributed by atoms with Crippen molar-refractivity contribution in [2.24, 2.45) is 4.99 Å². The van der Waals surface area contributed by atoms with Crippen molar-refractivity contribution in [3.8, 4) is 0 Å². The van der Waals surface area contributed by atoms with Crippen LogP contribution in [0.3, 0.4) is 0 Å². The van der Waals surface area contributed by atoms with Crippen LogP contribution >= 0.6 is 0 Å². The summed E-state index contributed by atoms with van der Waals surface area (Å²) in [5.74, 6) is 0.682. The predicted octanol–water partition coefficient (Wildman–Crippen LogP) is 1.79. The van der Waals surface area contributed by atoms with Crippen LogP contribution in [0.15, 0.2) is 23.2 Å². The molecule has 0 N–H and O–H groups in total. The third-order valence-corrected chi connectivity index (χ3v) is 5.48. The Morgan fingerprint density at radius 1 is 1.19 bits per heavy atom. The number of aryl methyl sites for hydroxylation is 2. The number of rotatable bonds is 3. The average molecular weight is 355 g/mol. The maximum atomic E-state index is 13.0. The van der Waals surface area contributed by atoms with Crippen LogP contribution in [0.4, 0.5) is 10.5 Å². The Kier molecular flexibility index (Phi) is 3.89. The molecule has 3 aliphatic rings. The minimum absolute atomic E-state index is 0.124. The van der Waals surface area contributed by atoms with Crippen LogP contribution in [0.2, 0.25) is 0 Å². The number of fused-ring (bicyclic) bond motifs is 3. The SMILES string of the molecule is CCCN1C(=O)C2C(N=C3N(c4cc(C)ccc4C)CCN32)N(C)C1=O. The van der Waals surface area contributed by atoms with Gasteiger partial charge in [-0.05, 0) is 37.5 Å². The second-order valence-corrected chi connectivity index (χ2v) is 7.31. The average Bonchev–Trinajstić information content (AvgIpc) is 3.18. The van der Waals surface area contributed by atoms with Crippen molar-refractivity contribution in [1.29, 1.82) is 0 Å². The highest BCUT2D eigenvalue weighted by Gasteiger charge is 2.54. The zero-order valence-corrected chi connectivity index (χ0v) is 15.8. The summed E-state index contributed by atoms with van der Waals surface area (Å²) in [6.45, 7) is 8.12. The van der Waals surface area contributed by atoms with Gasteiger partial charge >= 0.3 is 6.03 Å². The van der Waals surface area contributed by atoms with Crippen molar-refractivity contribution in [3.63, 3.8) is 0 Å². The molecule has 2 fully saturated rings. The molecule has 4 rings (SSSR count). The largest absolute Gasteiger partial charge is 0.328 e. The van der Waals surface area contributed by atoms with E-state index in [0.29, 0.717) is 6.54 Å². The van der Waals surface area contributed by atoms with Gasteiger partial charge in [0.1, 0.15) is 0 Å². The van der Waals surface area contributed by atoms with Crippen molar-refractivity contribution < 1.29 is 9.59 Å². The number of nitrogens with zero attached hydrogens (tertiary/aromatic N) is 5. The van der Waals surface area contributed by atoms with E-state index in [1.54, 1.807) is 11.9 Å². The number of benzene rings is 1. The fourth-order valence-corrected chi connectivity index (χ4v) is 4.10. The van der Waals surface area contributed by atoms with E-state index in [2.05, 4.69) is 41.8 Å². The molecule has 2 unspecified atom stereocenters. The minimum Gasteiger partial charge on any atom is -0.325 e. The van der Waals surface area contributed by atoms with E-state index in [-0.39, 0.29) is 11.9 Å². The first-order chi connectivity index (χ1) is 12.4. The molecule has 7 nitrogen and oxygen atoms in total. The Morgan fingerprint density at radius 2 is 1.96 bits per heavy atom. The lowest BCUT2D eigenvalue weighted by molar-refractivity contribution is -0.137. The second-order valence-electron chi connectivity index (χ2n) is 7.31. The lowest BCUT2D eigenvalue weighted by Gasteiger charge is -2.40. The van der Waals surface area contributed by atoms with Crippen molar-refractivity contribution in [2.75, 3.05) is 31.6 Å². The van der Waals surface area contributed by atoms with Crippen LogP contribution in [0.25, 0.3) is 0 Å². The topological polar surface area (TPSA) is 59.5 Å². The number of urea groups is 1. The summed E-state index contributed by atoms with van der Waals surface area (Å²) in [4.78, 5) is 37.6. The van der Waals surface area contributed by atoms with Gasteiger partial charge in [0.05, 0.1) is 0 Å². The number of guanidine groups is 1. The molecule has 0 aromatic heterocycles. The van der Waals surface area contributed by atoms with Gasteiger partial charge in [0.2, 0.25) is 5.96 Å². The molecule has 3 heterocycles. The maximum absolute atomic E-state index is 13.0. The lowest BCUT2D eigenvalue weighted by Crippen LogP contribution is -2.64. The molecular weight excluding hydrogens is 330 g/mol. The van der Waals surface area contributed by atoms with Crippen LogP contribution in [0.5, 0.6) is 0 Å². The van der Waals surface area contributed by atoms with E-state index in [0.717, 1.165) is 31.2 Å². The third kappa shape index (κ3) is 2.29. The van der Waals surface area contributed by atoms with Crippen molar-refractivity contribution >= 4 is 23.6 Å². The van der Waals surface area contributed by atoms with Gasteiger partial charge in [0.15, 0.2) is 12.2 Å². The Morgan fingerprint density at radius 3 is 2.69 bits per heavy atom. The summed E-state index contributed by atoms with van der Waals surface area (Å²) in [7, 11) is 1.74. The number of carbonyl (C=O) groups excluding carboxylic acids is 2. The first-order valence-corrected chi connectivity index (χ1v) is 9.21. The number of imide groups is 1. The number of aliphatic imine (C=N–C) groups is 1. The fourth-order valence-electron chi connectivity index (χ4n) is 4.10. The summed E-state index contributed by atoms with van der Waals surface area (Å²) in [5, 5.41) is 0. The summed E-state index contributed by atoms with van der Waals surface area (Å²) in [6.07, 6.45) is 0.316. The van der Waals surface area contributed by atoms with Gasteiger partial charge in [-0.15, -0.1) is 0 Å². The molecule has 0 radical (unpaired) electrons. The molecule has 2 saturated heterocycles. The van der Waals surface area contributed by atoms with E-state index in [9.17, 15) is 9.59 Å². The normalized spacial score (nSPS) is 25.0. The second kappa shape index (κ2) is 6.00. The quantitative estimate of drug-likeness (QED) is 0.829. The Bertz CT molecular complexity index is 805. The van der Waals surface area contributed by atoms with Gasteiger partial charge in [-0.25, -0.2) is 9.79 Å². The Hall–Kier alpha value is -2.57. The maximum Gasteiger partial charge on any atom is 0.328 e. The van der Waals surface area contributed by atoms with E-state index < -0.39 is 12.2 Å². The number of hydrogen-bond acceptors (Lipinski definition) is 5. The minimum atomic E-state index is -0.439. The van der Waals surface area contributed by atoms with Crippen LogP contribution in [-0.4, -0.2) is 71.5 Å². The zero-order valence-electron chi connectivity index (χ0n) is 15.8. The molecule has 138 valence electrons. The lowest BCUT2D eigenvalue weighted by atomic mass is 10.1. The van der Waals surface area contributed by atoms with Crippen LogP contribution in [-0.2, 0) is 4.79 Å². The number of amides is 3. The molecule has 0 aliphatic carbocycles. The summed E-state index contributed by atoms with van der Waals surface area (Å²) < 4.78 is 0. The molecule has 2 atom stereocenters. The first-order valence-electron chi connectivity index (χ1n) is 9.21. The fraction of sp³-hybridized carbons (Fsp3) is 0.526. The van der Waals surface area contributed by atoms with Crippen LogP contribution in [0, 0.1) is 13.8 Å². The van der Waals surface area contributed by atoms with Crippen molar-refractivity contribution in [1.82, 2.24) is 14.7 Å². The standard InChI is InChI=1S/C19H25N5O2/c1-5-8-24-17(25)15-16(21(4)19(24)26)20-18-22(9-10-23(15)18)14-11-12(2)6-7-13(14)3/h6-7,11,15-16H,5,8-10H2,1-4H3. The molecule has 1 aromatic carbocycles. The van der Waals surface area contributed by atoms with Gasteiger partial charge in [-0.3, -0.25) is 9.69 Å². The van der Waals surface area contributed by atoms with E-state index in [4.69, 9.17) is 4.99 Å². The molecule has 1 aromatic rings. The Labute approximate surface area is 153 Å². The van der Waals surface area contributed by atoms with Crippen molar-refractivity contribution in [2.45, 2.75) is 39.4 Å². The molecule has 0 saturated carbocycles. The van der Waals surface area contributed by atoms with Crippen molar-refractivity contribution in [3.05, 3.63) is 29.3 Å². The van der Waals surface area contributed by atoms with Crippen LogP contribution < -0.4 is 4.90 Å². The summed E-state index contributed by atoms with van der Waals surface area (Å²) in [6, 6.07) is 5.71. The molecule has 0 bridgehead atoms. The third-order valence-electron chi connectivity index (χ3n) is 5.48. The molecule has 0 spiro atoms. The number of hydrogen-bond donors (Lipinski definition) is 0. The molecule has 3 aliphatic heterocycles. The van der Waals surface area contributed by atoms with E-state index >= 15 is 0 Å². The highest BCUT2D eigenvalue weighted by molar-refractivity contribution is 6.08. The first kappa shape index (κ1) is 16.9. The number of anilines is 1. The Balaban J connectivity index is 1.70. The predicted molar refractivity (Wildman–Crippen MR) is 100 cm³/mol. The molecular formula is C19H25N5O2. The zero-order chi connectivity index (χ0) is 18.6. The molecule has 7 heteroatoms. The van der Waals surface area contributed by atoms with E-state index in [1.807, 2.05) is 6.92 Å². The van der Waals surface area contributed by atoms with Gasteiger partial charge in [-0.1, -0.05) is 19.1 Å². The van der Waals surface area contributed by atoms with Gasteiger partial charge in [0.25, 0.3) is 5.91 Å². The summed E-state index contributed by atoms with van der Waals surface area (Å²) >= 11 is 0. The monoisotopic (exact) mass is 355 g/mol.